The number of rotatable bonds is 3. The van der Waals surface area contributed by atoms with Gasteiger partial charge in [-0.25, -0.2) is 9.59 Å². The molecule has 0 saturated carbocycles. The van der Waals surface area contributed by atoms with E-state index in [0.717, 1.165) is 0 Å². The van der Waals surface area contributed by atoms with Gasteiger partial charge in [-0.15, -0.1) is 0 Å². The van der Waals surface area contributed by atoms with Crippen LogP contribution in [0.5, 0.6) is 5.75 Å². The molecule has 0 aliphatic rings. The number of carbonyl (C=O) groups excluding carboxylic acids is 1. The van der Waals surface area contributed by atoms with Crippen molar-refractivity contribution in [1.82, 2.24) is 0 Å². The molecule has 5 heteroatoms. The third-order valence-electron chi connectivity index (χ3n) is 2.07. The second-order valence-electron chi connectivity index (χ2n) is 4.72. The number of hydrogen-bond donors (Lipinski definition) is 1. The van der Waals surface area contributed by atoms with E-state index >= 15 is 0 Å². The van der Waals surface area contributed by atoms with E-state index in [1.165, 1.54) is 25.3 Å². The highest BCUT2D eigenvalue weighted by Gasteiger charge is 2.20. The standard InChI is InChI=1S/C13H16O5/c1-13(2,3)18-12(16)8-5-6-9(11(14)15)10(7-8)17-4/h5-7H,1-4H3,(H,14,15). The van der Waals surface area contributed by atoms with E-state index in [-0.39, 0.29) is 16.9 Å². The molecule has 0 spiro atoms. The van der Waals surface area contributed by atoms with E-state index in [4.69, 9.17) is 14.6 Å². The molecule has 0 aliphatic heterocycles. The molecule has 0 aliphatic carbocycles. The minimum atomic E-state index is -1.11. The molecule has 0 aromatic heterocycles. The van der Waals surface area contributed by atoms with Gasteiger partial charge in [-0.2, -0.15) is 0 Å². The van der Waals surface area contributed by atoms with Gasteiger partial charge in [0, 0.05) is 0 Å². The summed E-state index contributed by atoms with van der Waals surface area (Å²) in [7, 11) is 1.35. The van der Waals surface area contributed by atoms with Crippen molar-refractivity contribution < 1.29 is 24.2 Å². The summed E-state index contributed by atoms with van der Waals surface area (Å²) < 4.78 is 10.1. The zero-order valence-corrected chi connectivity index (χ0v) is 10.8. The SMILES string of the molecule is COc1cc(C(=O)OC(C)(C)C)ccc1C(=O)O. The van der Waals surface area contributed by atoms with E-state index in [1.54, 1.807) is 20.8 Å². The molecule has 0 atom stereocenters. The highest BCUT2D eigenvalue weighted by Crippen LogP contribution is 2.22. The Balaban J connectivity index is 3.06. The lowest BCUT2D eigenvalue weighted by molar-refractivity contribution is 0.00687. The van der Waals surface area contributed by atoms with Gasteiger partial charge in [0.2, 0.25) is 0 Å². The Morgan fingerprint density at radius 1 is 1.22 bits per heavy atom. The molecule has 1 rings (SSSR count). The fraction of sp³-hybridized carbons (Fsp3) is 0.385. The summed E-state index contributed by atoms with van der Waals surface area (Å²) in [6.45, 7) is 5.27. The zero-order chi connectivity index (χ0) is 13.9. The monoisotopic (exact) mass is 252 g/mol. The number of carboxylic acids is 1. The van der Waals surface area contributed by atoms with Crippen LogP contribution >= 0.6 is 0 Å². The Bertz CT molecular complexity index is 471. The zero-order valence-electron chi connectivity index (χ0n) is 10.8. The lowest BCUT2D eigenvalue weighted by Crippen LogP contribution is -2.24. The molecular weight excluding hydrogens is 236 g/mol. The Morgan fingerprint density at radius 2 is 1.83 bits per heavy atom. The largest absolute Gasteiger partial charge is 0.496 e. The molecule has 0 fully saturated rings. The smallest absolute Gasteiger partial charge is 0.339 e. The minimum absolute atomic E-state index is 0.00445. The fourth-order valence-corrected chi connectivity index (χ4v) is 1.33. The van der Waals surface area contributed by atoms with Gasteiger partial charge in [-0.3, -0.25) is 0 Å². The number of hydrogen-bond acceptors (Lipinski definition) is 4. The molecule has 0 radical (unpaired) electrons. The molecule has 18 heavy (non-hydrogen) atoms. The van der Waals surface area contributed by atoms with Crippen LogP contribution in [0.4, 0.5) is 0 Å². The van der Waals surface area contributed by atoms with E-state index in [9.17, 15) is 9.59 Å². The van der Waals surface area contributed by atoms with Crippen LogP contribution in [0, 0.1) is 0 Å². The molecule has 98 valence electrons. The molecule has 1 N–H and O–H groups in total. The second-order valence-corrected chi connectivity index (χ2v) is 4.72. The normalized spacial score (nSPS) is 10.9. The van der Waals surface area contributed by atoms with Crippen LogP contribution in [0.15, 0.2) is 18.2 Å². The predicted molar refractivity (Wildman–Crippen MR) is 65.1 cm³/mol. The van der Waals surface area contributed by atoms with Crippen molar-refractivity contribution in [3.8, 4) is 5.75 Å². The maximum atomic E-state index is 11.8. The van der Waals surface area contributed by atoms with Crippen LogP contribution < -0.4 is 4.74 Å². The fourth-order valence-electron chi connectivity index (χ4n) is 1.33. The van der Waals surface area contributed by atoms with Gasteiger partial charge < -0.3 is 14.6 Å². The van der Waals surface area contributed by atoms with Crippen molar-refractivity contribution in [2.45, 2.75) is 26.4 Å². The van der Waals surface area contributed by atoms with Crippen LogP contribution in [0.1, 0.15) is 41.5 Å². The number of ether oxygens (including phenoxy) is 2. The van der Waals surface area contributed by atoms with Crippen molar-refractivity contribution >= 4 is 11.9 Å². The van der Waals surface area contributed by atoms with Gasteiger partial charge in [0.25, 0.3) is 0 Å². The van der Waals surface area contributed by atoms with Crippen molar-refractivity contribution in [3.05, 3.63) is 29.3 Å². The molecule has 0 unspecified atom stereocenters. The lowest BCUT2D eigenvalue weighted by atomic mass is 10.1. The molecule has 0 saturated heterocycles. The van der Waals surface area contributed by atoms with Crippen LogP contribution in [0.2, 0.25) is 0 Å². The average Bonchev–Trinajstić information content (AvgIpc) is 2.25. The molecule has 1 aromatic carbocycles. The Morgan fingerprint density at radius 3 is 2.28 bits per heavy atom. The Hall–Kier alpha value is -2.04. The number of carbonyl (C=O) groups is 2. The summed E-state index contributed by atoms with van der Waals surface area (Å²) >= 11 is 0. The summed E-state index contributed by atoms with van der Waals surface area (Å²) in [4.78, 5) is 22.7. The van der Waals surface area contributed by atoms with E-state index < -0.39 is 17.5 Å². The third kappa shape index (κ3) is 3.48. The average molecular weight is 252 g/mol. The highest BCUT2D eigenvalue weighted by molar-refractivity contribution is 5.95. The predicted octanol–water partition coefficient (Wildman–Crippen LogP) is 2.35. The Labute approximate surface area is 105 Å². The van der Waals surface area contributed by atoms with E-state index in [1.807, 2.05) is 0 Å². The van der Waals surface area contributed by atoms with Crippen LogP contribution in [-0.4, -0.2) is 29.8 Å². The van der Waals surface area contributed by atoms with Gasteiger partial charge >= 0.3 is 11.9 Å². The number of esters is 1. The first-order valence-corrected chi connectivity index (χ1v) is 5.39. The maximum absolute atomic E-state index is 11.8. The van der Waals surface area contributed by atoms with E-state index in [0.29, 0.717) is 0 Å². The highest BCUT2D eigenvalue weighted by atomic mass is 16.6. The van der Waals surface area contributed by atoms with Crippen LogP contribution in [0.25, 0.3) is 0 Å². The third-order valence-corrected chi connectivity index (χ3v) is 2.07. The molecule has 0 bridgehead atoms. The summed E-state index contributed by atoms with van der Waals surface area (Å²) in [5, 5.41) is 8.92. The summed E-state index contributed by atoms with van der Waals surface area (Å²) in [6, 6.07) is 4.08. The van der Waals surface area contributed by atoms with Crippen molar-refractivity contribution in [1.29, 1.82) is 0 Å². The summed E-state index contributed by atoms with van der Waals surface area (Å²) in [6.07, 6.45) is 0. The van der Waals surface area contributed by atoms with Crippen LogP contribution in [-0.2, 0) is 4.74 Å². The number of methoxy groups -OCH3 is 1. The quantitative estimate of drug-likeness (QED) is 0.836. The topological polar surface area (TPSA) is 72.8 Å². The molecule has 0 heterocycles. The number of carboxylic acid groups (broad SMARTS) is 1. The van der Waals surface area contributed by atoms with Crippen molar-refractivity contribution in [2.24, 2.45) is 0 Å². The van der Waals surface area contributed by atoms with Crippen molar-refractivity contribution in [3.63, 3.8) is 0 Å². The maximum Gasteiger partial charge on any atom is 0.339 e. The van der Waals surface area contributed by atoms with Gasteiger partial charge in [-0.1, -0.05) is 0 Å². The molecular formula is C13H16O5. The van der Waals surface area contributed by atoms with Gasteiger partial charge in [0.05, 0.1) is 12.7 Å². The van der Waals surface area contributed by atoms with E-state index in [2.05, 4.69) is 0 Å². The van der Waals surface area contributed by atoms with Gasteiger partial charge in [0.1, 0.15) is 16.9 Å². The van der Waals surface area contributed by atoms with Gasteiger partial charge in [0.15, 0.2) is 0 Å². The Kier molecular flexibility index (Phi) is 3.96. The first kappa shape index (κ1) is 14.0. The molecule has 5 nitrogen and oxygen atoms in total. The van der Waals surface area contributed by atoms with Crippen LogP contribution in [0.3, 0.4) is 0 Å². The molecule has 1 aromatic rings. The number of aromatic carboxylic acids is 1. The van der Waals surface area contributed by atoms with Gasteiger partial charge in [-0.05, 0) is 39.0 Å². The number of benzene rings is 1. The second kappa shape index (κ2) is 5.08. The van der Waals surface area contributed by atoms with Crippen molar-refractivity contribution in [2.75, 3.05) is 7.11 Å². The first-order valence-electron chi connectivity index (χ1n) is 5.39. The molecule has 0 amide bonds. The lowest BCUT2D eigenvalue weighted by Gasteiger charge is -2.19. The summed E-state index contributed by atoms with van der Waals surface area (Å²) in [5.74, 6) is -1.49. The first-order chi connectivity index (χ1) is 8.24. The minimum Gasteiger partial charge on any atom is -0.496 e. The summed E-state index contributed by atoms with van der Waals surface area (Å²) in [5.41, 5.74) is -0.341.